The number of hydrogen-bond donors (Lipinski definition) is 0. The second kappa shape index (κ2) is 9.12. The number of rotatable bonds is 4. The Balaban J connectivity index is 1.56. The maximum Gasteiger partial charge on any atom is 0.254 e. The molecular formula is C24H26N4O3. The van der Waals surface area contributed by atoms with Gasteiger partial charge in [-0.25, -0.2) is 0 Å². The molecular weight excluding hydrogens is 392 g/mol. The molecule has 31 heavy (non-hydrogen) atoms. The van der Waals surface area contributed by atoms with E-state index in [1.165, 1.54) is 0 Å². The first-order chi connectivity index (χ1) is 15.0. The summed E-state index contributed by atoms with van der Waals surface area (Å²) < 4.78 is 5.42. The topological polar surface area (TPSA) is 79.5 Å². The Morgan fingerprint density at radius 2 is 1.74 bits per heavy atom. The number of aromatic nitrogens is 2. The van der Waals surface area contributed by atoms with Gasteiger partial charge in [-0.2, -0.15) is 4.98 Å². The summed E-state index contributed by atoms with van der Waals surface area (Å²) in [6.07, 6.45) is 0.892. The number of carbonyl (C=O) groups excluding carboxylic acids is 2. The van der Waals surface area contributed by atoms with Crippen molar-refractivity contribution in [2.24, 2.45) is 0 Å². The molecule has 0 radical (unpaired) electrons. The summed E-state index contributed by atoms with van der Waals surface area (Å²) >= 11 is 0. The maximum absolute atomic E-state index is 13.3. The molecule has 1 atom stereocenters. The highest BCUT2D eigenvalue weighted by atomic mass is 16.5. The van der Waals surface area contributed by atoms with Crippen molar-refractivity contribution in [3.05, 3.63) is 83.0 Å². The number of hydrogen-bond acceptors (Lipinski definition) is 5. The third-order valence-corrected chi connectivity index (χ3v) is 5.73. The predicted molar refractivity (Wildman–Crippen MR) is 115 cm³/mol. The summed E-state index contributed by atoms with van der Waals surface area (Å²) in [5.74, 6) is 0.896. The van der Waals surface area contributed by atoms with Crippen molar-refractivity contribution < 1.29 is 14.1 Å². The van der Waals surface area contributed by atoms with E-state index >= 15 is 0 Å². The number of carbonyl (C=O) groups is 2. The van der Waals surface area contributed by atoms with Gasteiger partial charge < -0.3 is 14.3 Å². The van der Waals surface area contributed by atoms with Crippen molar-refractivity contribution in [1.82, 2.24) is 19.9 Å². The Morgan fingerprint density at radius 1 is 1.00 bits per heavy atom. The lowest BCUT2D eigenvalue weighted by molar-refractivity contribution is -0.130. The molecule has 1 aliphatic rings. The highest BCUT2D eigenvalue weighted by Crippen LogP contribution is 2.28. The van der Waals surface area contributed by atoms with E-state index in [4.69, 9.17) is 4.52 Å². The Bertz CT molecular complexity index is 1060. The van der Waals surface area contributed by atoms with E-state index in [-0.39, 0.29) is 17.9 Å². The first-order valence-electron chi connectivity index (χ1n) is 10.5. The van der Waals surface area contributed by atoms with Crippen molar-refractivity contribution in [2.45, 2.75) is 32.7 Å². The fourth-order valence-electron chi connectivity index (χ4n) is 3.96. The van der Waals surface area contributed by atoms with Crippen LogP contribution in [0.25, 0.3) is 0 Å². The molecule has 1 unspecified atom stereocenters. The van der Waals surface area contributed by atoms with Crippen molar-refractivity contribution in [1.29, 1.82) is 0 Å². The lowest BCUT2D eigenvalue weighted by Gasteiger charge is -2.27. The van der Waals surface area contributed by atoms with Crippen LogP contribution < -0.4 is 0 Å². The summed E-state index contributed by atoms with van der Waals surface area (Å²) in [6, 6.07) is 16.7. The van der Waals surface area contributed by atoms with Crippen LogP contribution in [0.4, 0.5) is 0 Å². The largest absolute Gasteiger partial charge is 0.341 e. The molecule has 1 aromatic heterocycles. The molecule has 0 bridgehead atoms. The number of nitrogens with zero attached hydrogens (tertiary/aromatic N) is 4. The summed E-state index contributed by atoms with van der Waals surface area (Å²) in [6.45, 7) is 5.16. The Morgan fingerprint density at radius 3 is 2.45 bits per heavy atom. The molecule has 0 spiro atoms. The summed E-state index contributed by atoms with van der Waals surface area (Å²) in [5.41, 5.74) is 2.73. The second-order valence-corrected chi connectivity index (χ2v) is 7.83. The first kappa shape index (κ1) is 20.8. The van der Waals surface area contributed by atoms with Gasteiger partial charge in [0.05, 0.1) is 6.42 Å². The molecule has 0 saturated carbocycles. The molecule has 160 valence electrons. The molecule has 7 heteroatoms. The second-order valence-electron chi connectivity index (χ2n) is 7.83. The first-order valence-corrected chi connectivity index (χ1v) is 10.5. The van der Waals surface area contributed by atoms with Crippen LogP contribution in [0.3, 0.4) is 0 Å². The Kier molecular flexibility index (Phi) is 6.11. The lowest BCUT2D eigenvalue weighted by atomic mass is 10.1. The van der Waals surface area contributed by atoms with E-state index in [1.54, 1.807) is 24.0 Å². The molecule has 1 fully saturated rings. The van der Waals surface area contributed by atoms with Gasteiger partial charge in [0.15, 0.2) is 5.82 Å². The smallest absolute Gasteiger partial charge is 0.254 e. The van der Waals surface area contributed by atoms with Gasteiger partial charge in [0, 0.05) is 25.2 Å². The number of amides is 2. The molecule has 0 aliphatic carbocycles. The molecule has 0 N–H and O–H groups in total. The minimum Gasteiger partial charge on any atom is -0.341 e. The predicted octanol–water partition coefficient (Wildman–Crippen LogP) is 3.34. The van der Waals surface area contributed by atoms with Crippen LogP contribution in [-0.2, 0) is 11.2 Å². The number of benzene rings is 2. The van der Waals surface area contributed by atoms with Crippen LogP contribution in [0.1, 0.15) is 45.7 Å². The Labute approximate surface area is 181 Å². The quantitative estimate of drug-likeness (QED) is 0.649. The van der Waals surface area contributed by atoms with Crippen LogP contribution >= 0.6 is 0 Å². The molecule has 2 aromatic carbocycles. The van der Waals surface area contributed by atoms with E-state index in [2.05, 4.69) is 10.1 Å². The van der Waals surface area contributed by atoms with E-state index in [0.717, 1.165) is 11.1 Å². The minimum atomic E-state index is -0.370. The summed E-state index contributed by atoms with van der Waals surface area (Å²) in [7, 11) is 0. The van der Waals surface area contributed by atoms with Crippen LogP contribution in [0.5, 0.6) is 0 Å². The fraction of sp³-hybridized carbons (Fsp3) is 0.333. The van der Waals surface area contributed by atoms with Gasteiger partial charge in [0.25, 0.3) is 5.91 Å². The zero-order valence-electron chi connectivity index (χ0n) is 17.8. The third kappa shape index (κ3) is 4.66. The van der Waals surface area contributed by atoms with Gasteiger partial charge >= 0.3 is 0 Å². The number of aryl methyl sites for hydroxylation is 2. The zero-order valence-corrected chi connectivity index (χ0v) is 17.8. The molecule has 1 saturated heterocycles. The van der Waals surface area contributed by atoms with Crippen molar-refractivity contribution in [2.75, 3.05) is 19.6 Å². The lowest BCUT2D eigenvalue weighted by Crippen LogP contribution is -2.39. The van der Waals surface area contributed by atoms with Gasteiger partial charge in [-0.15, -0.1) is 0 Å². The molecule has 2 heterocycles. The fourth-order valence-corrected chi connectivity index (χ4v) is 3.96. The van der Waals surface area contributed by atoms with Crippen LogP contribution in [0, 0.1) is 13.8 Å². The molecule has 1 aliphatic heterocycles. The zero-order chi connectivity index (χ0) is 21.8. The van der Waals surface area contributed by atoms with Gasteiger partial charge in [0.2, 0.25) is 11.8 Å². The van der Waals surface area contributed by atoms with Gasteiger partial charge in [0.1, 0.15) is 6.04 Å². The highest BCUT2D eigenvalue weighted by Gasteiger charge is 2.34. The van der Waals surface area contributed by atoms with E-state index in [9.17, 15) is 9.59 Å². The monoisotopic (exact) mass is 418 g/mol. The van der Waals surface area contributed by atoms with Crippen molar-refractivity contribution >= 4 is 11.8 Å². The van der Waals surface area contributed by atoms with Gasteiger partial charge in [-0.1, -0.05) is 47.6 Å². The SMILES string of the molecule is Cc1noc(C2CCN(C(=O)Cc3ccccc3C)CCN2C(=O)c2ccccc2)n1. The standard InChI is InChI=1S/C24H26N4O3/c1-17-8-6-7-11-20(17)16-22(29)27-13-12-21(23-25-18(2)26-31-23)28(15-14-27)24(30)19-9-4-3-5-10-19/h3-11,21H,12-16H2,1-2H3. The van der Waals surface area contributed by atoms with Crippen molar-refractivity contribution in [3.8, 4) is 0 Å². The average molecular weight is 418 g/mol. The van der Waals surface area contributed by atoms with Crippen LogP contribution in [0.15, 0.2) is 59.1 Å². The normalized spacial score (nSPS) is 16.8. The highest BCUT2D eigenvalue weighted by molar-refractivity contribution is 5.94. The average Bonchev–Trinajstić information content (AvgIpc) is 3.09. The molecule has 4 rings (SSSR count). The van der Waals surface area contributed by atoms with E-state index in [1.807, 2.05) is 54.3 Å². The van der Waals surface area contributed by atoms with Gasteiger partial charge in [-0.3, -0.25) is 9.59 Å². The summed E-state index contributed by atoms with van der Waals surface area (Å²) in [4.78, 5) is 34.3. The van der Waals surface area contributed by atoms with E-state index in [0.29, 0.717) is 49.8 Å². The third-order valence-electron chi connectivity index (χ3n) is 5.73. The minimum absolute atomic E-state index is 0.0590. The van der Waals surface area contributed by atoms with E-state index < -0.39 is 0 Å². The Hall–Kier alpha value is -3.48. The summed E-state index contributed by atoms with van der Waals surface area (Å²) in [5, 5.41) is 3.90. The molecule has 2 amide bonds. The maximum atomic E-state index is 13.3. The molecule has 7 nitrogen and oxygen atoms in total. The van der Waals surface area contributed by atoms with Crippen LogP contribution in [0.2, 0.25) is 0 Å². The van der Waals surface area contributed by atoms with Gasteiger partial charge in [-0.05, 0) is 43.5 Å². The van der Waals surface area contributed by atoms with Crippen LogP contribution in [-0.4, -0.2) is 51.4 Å². The van der Waals surface area contributed by atoms with Crippen molar-refractivity contribution in [3.63, 3.8) is 0 Å². The molecule has 3 aromatic rings.